The van der Waals surface area contributed by atoms with Gasteiger partial charge in [0.15, 0.2) is 0 Å². The average Bonchev–Trinajstić information content (AvgIpc) is 2.61. The van der Waals surface area contributed by atoms with Gasteiger partial charge in [-0.25, -0.2) is 0 Å². The molecule has 2 N–H and O–H groups in total. The fourth-order valence-electron chi connectivity index (χ4n) is 2.36. The largest absolute Gasteiger partial charge is 0.326 e. The second kappa shape index (κ2) is 9.43. The molecule has 0 bridgehead atoms. The summed E-state index contributed by atoms with van der Waals surface area (Å²) in [4.78, 5) is 25.0. The highest BCUT2D eigenvalue weighted by Crippen LogP contribution is 2.23. The van der Waals surface area contributed by atoms with Crippen molar-refractivity contribution in [3.8, 4) is 0 Å². The van der Waals surface area contributed by atoms with Crippen molar-refractivity contribution in [2.24, 2.45) is 0 Å². The summed E-state index contributed by atoms with van der Waals surface area (Å²) in [6.45, 7) is 7.93. The predicted molar refractivity (Wildman–Crippen MR) is 110 cm³/mol. The number of anilines is 2. The van der Waals surface area contributed by atoms with Crippen LogP contribution in [0.4, 0.5) is 11.4 Å². The molecule has 0 fully saturated rings. The van der Waals surface area contributed by atoms with Gasteiger partial charge in [-0.1, -0.05) is 19.1 Å². The lowest BCUT2D eigenvalue weighted by Crippen LogP contribution is -2.14. The molecular weight excluding hydrogens is 344 g/mol. The summed E-state index contributed by atoms with van der Waals surface area (Å²) in [6, 6.07) is 11.9. The number of hydrogen-bond donors (Lipinski definition) is 2. The molecule has 0 aliphatic rings. The normalized spacial score (nSPS) is 10.5. The summed E-state index contributed by atoms with van der Waals surface area (Å²) in [7, 11) is 0. The molecule has 0 saturated carbocycles. The Labute approximate surface area is 159 Å². The zero-order valence-corrected chi connectivity index (χ0v) is 16.6. The van der Waals surface area contributed by atoms with Crippen LogP contribution in [0.5, 0.6) is 0 Å². The van der Waals surface area contributed by atoms with E-state index >= 15 is 0 Å². The molecule has 0 radical (unpaired) electrons. The molecule has 0 aromatic heterocycles. The molecule has 0 atom stereocenters. The van der Waals surface area contributed by atoms with Crippen molar-refractivity contribution in [2.75, 3.05) is 16.4 Å². The summed E-state index contributed by atoms with van der Waals surface area (Å²) in [5.41, 5.74) is 4.94. The lowest BCUT2D eigenvalue weighted by Gasteiger charge is -2.11. The summed E-state index contributed by atoms with van der Waals surface area (Å²) in [6.07, 6.45) is 0.855. The quantitative estimate of drug-likeness (QED) is 0.668. The number of amides is 2. The Morgan fingerprint density at radius 3 is 2.31 bits per heavy atom. The molecule has 5 heteroatoms. The summed E-state index contributed by atoms with van der Waals surface area (Å²) in [5, 5.41) is 5.76. The van der Waals surface area contributed by atoms with Gasteiger partial charge in [-0.15, -0.1) is 11.8 Å². The maximum absolute atomic E-state index is 12.3. The van der Waals surface area contributed by atoms with Crippen LogP contribution in [0.3, 0.4) is 0 Å². The minimum absolute atomic E-state index is 0.0246. The molecule has 0 aliphatic heterocycles. The first-order chi connectivity index (χ1) is 12.4. The fraction of sp³-hybridized carbons (Fsp3) is 0.333. The van der Waals surface area contributed by atoms with Gasteiger partial charge in [-0.2, -0.15) is 0 Å². The van der Waals surface area contributed by atoms with E-state index in [0.717, 1.165) is 17.0 Å². The van der Waals surface area contributed by atoms with Crippen molar-refractivity contribution in [3.63, 3.8) is 0 Å². The van der Waals surface area contributed by atoms with Gasteiger partial charge < -0.3 is 10.6 Å². The fourth-order valence-corrected chi connectivity index (χ4v) is 3.31. The summed E-state index contributed by atoms with van der Waals surface area (Å²) < 4.78 is 0. The van der Waals surface area contributed by atoms with E-state index in [2.05, 4.69) is 42.7 Å². The van der Waals surface area contributed by atoms with Gasteiger partial charge in [-0.05, 0) is 61.7 Å². The average molecular weight is 371 g/mol. The second-order valence-electron chi connectivity index (χ2n) is 6.32. The van der Waals surface area contributed by atoms with Crippen LogP contribution in [-0.4, -0.2) is 17.6 Å². The molecule has 0 unspecified atom stereocenters. The lowest BCUT2D eigenvalue weighted by atomic mass is 10.1. The smallest absolute Gasteiger partial charge is 0.225 e. The monoisotopic (exact) mass is 370 g/mol. The van der Waals surface area contributed by atoms with Gasteiger partial charge in [0.1, 0.15) is 0 Å². The molecule has 26 heavy (non-hydrogen) atoms. The van der Waals surface area contributed by atoms with E-state index in [4.69, 9.17) is 0 Å². The second-order valence-corrected chi connectivity index (χ2v) is 7.49. The molecule has 2 aromatic carbocycles. The van der Waals surface area contributed by atoms with Crippen LogP contribution in [0.2, 0.25) is 0 Å². The molecule has 138 valence electrons. The standard InChI is InChI=1S/C21H26N2O2S/c1-5-20(24)22-17-8-6-15(3)19(13-17)23-21(25)10-11-26-18-9-7-14(2)16(4)12-18/h6-9,12-13H,5,10-11H2,1-4H3,(H,22,24)(H,23,25). The van der Waals surface area contributed by atoms with E-state index < -0.39 is 0 Å². The Kier molecular flexibility index (Phi) is 7.27. The van der Waals surface area contributed by atoms with Crippen molar-refractivity contribution in [2.45, 2.75) is 45.4 Å². The summed E-state index contributed by atoms with van der Waals surface area (Å²) >= 11 is 1.68. The summed E-state index contributed by atoms with van der Waals surface area (Å²) in [5.74, 6) is 0.652. The maximum Gasteiger partial charge on any atom is 0.225 e. The van der Waals surface area contributed by atoms with Crippen LogP contribution in [0.1, 0.15) is 36.5 Å². The van der Waals surface area contributed by atoms with Crippen LogP contribution in [0.25, 0.3) is 0 Å². The number of nitrogens with one attached hydrogen (secondary N) is 2. The first-order valence-corrected chi connectivity index (χ1v) is 9.78. The number of rotatable bonds is 7. The zero-order chi connectivity index (χ0) is 19.1. The number of aryl methyl sites for hydroxylation is 3. The third-order valence-electron chi connectivity index (χ3n) is 4.19. The third-order valence-corrected chi connectivity index (χ3v) is 5.19. The molecular formula is C21H26N2O2S. The SMILES string of the molecule is CCC(=O)Nc1ccc(C)c(NC(=O)CCSc2ccc(C)c(C)c2)c1. The predicted octanol–water partition coefficient (Wildman–Crippen LogP) is 5.08. The molecule has 0 saturated heterocycles. The van der Waals surface area contributed by atoms with E-state index in [1.807, 2.05) is 19.1 Å². The molecule has 0 heterocycles. The number of thioether (sulfide) groups is 1. The first kappa shape index (κ1) is 20.0. The number of benzene rings is 2. The Bertz CT molecular complexity index is 803. The topological polar surface area (TPSA) is 58.2 Å². The Hall–Kier alpha value is -2.27. The Morgan fingerprint density at radius 2 is 1.62 bits per heavy atom. The maximum atomic E-state index is 12.3. The van der Waals surface area contributed by atoms with E-state index in [0.29, 0.717) is 18.5 Å². The van der Waals surface area contributed by atoms with Crippen molar-refractivity contribution in [1.82, 2.24) is 0 Å². The van der Waals surface area contributed by atoms with Gasteiger partial charge in [0, 0.05) is 34.9 Å². The molecule has 2 aromatic rings. The van der Waals surface area contributed by atoms with Crippen LogP contribution in [-0.2, 0) is 9.59 Å². The van der Waals surface area contributed by atoms with Gasteiger partial charge >= 0.3 is 0 Å². The number of carbonyl (C=O) groups is 2. The zero-order valence-electron chi connectivity index (χ0n) is 15.8. The van der Waals surface area contributed by atoms with Crippen LogP contribution >= 0.6 is 11.8 Å². The van der Waals surface area contributed by atoms with Crippen molar-refractivity contribution < 1.29 is 9.59 Å². The van der Waals surface area contributed by atoms with Gasteiger partial charge in [0.05, 0.1) is 0 Å². The highest BCUT2D eigenvalue weighted by molar-refractivity contribution is 7.99. The number of carbonyl (C=O) groups excluding carboxylic acids is 2. The van der Waals surface area contributed by atoms with E-state index in [1.54, 1.807) is 24.8 Å². The minimum Gasteiger partial charge on any atom is -0.326 e. The van der Waals surface area contributed by atoms with Crippen molar-refractivity contribution in [3.05, 3.63) is 53.1 Å². The molecule has 0 spiro atoms. The molecule has 0 aliphatic carbocycles. The highest BCUT2D eigenvalue weighted by atomic mass is 32.2. The highest BCUT2D eigenvalue weighted by Gasteiger charge is 2.08. The van der Waals surface area contributed by atoms with Crippen LogP contribution < -0.4 is 10.6 Å². The number of hydrogen-bond acceptors (Lipinski definition) is 3. The van der Waals surface area contributed by atoms with Crippen LogP contribution in [0, 0.1) is 20.8 Å². The van der Waals surface area contributed by atoms with Gasteiger partial charge in [0.2, 0.25) is 11.8 Å². The molecule has 4 nitrogen and oxygen atoms in total. The molecule has 2 rings (SSSR count). The van der Waals surface area contributed by atoms with Crippen LogP contribution in [0.15, 0.2) is 41.3 Å². The van der Waals surface area contributed by atoms with Gasteiger partial charge in [0.25, 0.3) is 0 Å². The minimum atomic E-state index is -0.0454. The van der Waals surface area contributed by atoms with Crippen molar-refractivity contribution >= 4 is 35.0 Å². The lowest BCUT2D eigenvalue weighted by molar-refractivity contribution is -0.116. The Balaban J connectivity index is 1.89. The molecule has 2 amide bonds. The van der Waals surface area contributed by atoms with Gasteiger partial charge in [-0.3, -0.25) is 9.59 Å². The van der Waals surface area contributed by atoms with E-state index in [9.17, 15) is 9.59 Å². The third kappa shape index (κ3) is 5.92. The van der Waals surface area contributed by atoms with Crippen molar-refractivity contribution in [1.29, 1.82) is 0 Å². The van der Waals surface area contributed by atoms with E-state index in [1.165, 1.54) is 16.0 Å². The Morgan fingerprint density at radius 1 is 0.885 bits per heavy atom. The first-order valence-electron chi connectivity index (χ1n) is 8.79. The van der Waals surface area contributed by atoms with E-state index in [-0.39, 0.29) is 11.8 Å².